The van der Waals surface area contributed by atoms with Crippen LogP contribution in [0.2, 0.25) is 0 Å². The van der Waals surface area contributed by atoms with Crippen molar-refractivity contribution in [3.8, 4) is 0 Å². The van der Waals surface area contributed by atoms with Crippen LogP contribution >= 0.6 is 0 Å². The minimum Gasteiger partial charge on any atom is -0.412 e. The zero-order chi connectivity index (χ0) is 4.50. The van der Waals surface area contributed by atoms with E-state index in [0.717, 1.165) is 0 Å². The minimum atomic E-state index is -4.67. The summed E-state index contributed by atoms with van der Waals surface area (Å²) in [5.74, 6) is 0. The minimum absolute atomic E-state index is 0. The van der Waals surface area contributed by atoms with E-state index >= 15 is 0 Å². The first-order valence-electron chi connectivity index (χ1n) is 0.698. The van der Waals surface area contributed by atoms with Gasteiger partial charge in [-0.05, 0) is 0 Å². The molecule has 0 spiro atoms. The van der Waals surface area contributed by atoms with E-state index in [1.54, 1.807) is 0 Å². The zero-order valence-electron chi connectivity index (χ0n) is 3.12. The standard InChI is InChI=1S/H2O4S.H2O.Zr/c1-5(2,3)4;;/h(H2,1,2,3,4);1H2;. The predicted molar refractivity (Wildman–Crippen MR) is 17.8 cm³/mol. The van der Waals surface area contributed by atoms with Crippen LogP contribution in [0.5, 0.6) is 0 Å². The molecule has 0 unspecified atom stereocenters. The van der Waals surface area contributed by atoms with Crippen LogP contribution in [0, 0.1) is 0 Å². The van der Waals surface area contributed by atoms with Gasteiger partial charge in [0.15, 0.2) is 0 Å². The molecule has 0 saturated heterocycles. The Hall–Kier alpha value is 0.713. The zero-order valence-corrected chi connectivity index (χ0v) is 6.39. The smallest absolute Gasteiger partial charge is 0.394 e. The van der Waals surface area contributed by atoms with Gasteiger partial charge in [0.25, 0.3) is 0 Å². The maximum atomic E-state index is 8.74. The Bertz CT molecular complexity index is 91.2. The molecule has 0 amide bonds. The number of hydrogen-bond acceptors (Lipinski definition) is 2. The van der Waals surface area contributed by atoms with Crippen molar-refractivity contribution in [2.75, 3.05) is 0 Å². The van der Waals surface area contributed by atoms with E-state index in [2.05, 4.69) is 0 Å². The first kappa shape index (κ1) is 15.6. The van der Waals surface area contributed by atoms with E-state index in [1.165, 1.54) is 0 Å². The molecule has 0 radical (unpaired) electrons. The summed E-state index contributed by atoms with van der Waals surface area (Å²) in [6.45, 7) is 0. The van der Waals surface area contributed by atoms with Crippen LogP contribution in [0.3, 0.4) is 0 Å². The van der Waals surface area contributed by atoms with Gasteiger partial charge in [-0.3, -0.25) is 9.11 Å². The molecule has 5 nitrogen and oxygen atoms in total. The van der Waals surface area contributed by atoms with Crippen LogP contribution in [-0.4, -0.2) is 23.0 Å². The molecule has 0 aliphatic rings. The molecular formula is H4O5SZr. The first-order chi connectivity index (χ1) is 2.00. The maximum absolute atomic E-state index is 8.74. The SMILES string of the molecule is O.O=S(=O)(O)O.[Zr]. The molecule has 0 heterocycles. The summed E-state index contributed by atoms with van der Waals surface area (Å²) >= 11 is 0. The van der Waals surface area contributed by atoms with E-state index in [1.807, 2.05) is 0 Å². The number of hydrogen-bond donors (Lipinski definition) is 2. The van der Waals surface area contributed by atoms with Gasteiger partial charge >= 0.3 is 10.4 Å². The van der Waals surface area contributed by atoms with Crippen LogP contribution in [0.1, 0.15) is 0 Å². The predicted octanol–water partition coefficient (Wildman–Crippen LogP) is -1.48. The summed E-state index contributed by atoms with van der Waals surface area (Å²) in [6.07, 6.45) is 0. The van der Waals surface area contributed by atoms with Crippen molar-refractivity contribution in [3.63, 3.8) is 0 Å². The molecule has 0 aromatic rings. The molecule has 44 valence electrons. The molecule has 0 rings (SSSR count). The Morgan fingerprint density at radius 2 is 1.14 bits per heavy atom. The molecule has 0 fully saturated rings. The van der Waals surface area contributed by atoms with E-state index < -0.39 is 10.4 Å². The van der Waals surface area contributed by atoms with Gasteiger partial charge in [-0.1, -0.05) is 0 Å². The first-order valence-corrected chi connectivity index (χ1v) is 2.10. The van der Waals surface area contributed by atoms with Crippen LogP contribution < -0.4 is 0 Å². The van der Waals surface area contributed by atoms with Gasteiger partial charge in [-0.2, -0.15) is 8.42 Å². The molecule has 4 N–H and O–H groups in total. The second kappa shape index (κ2) is 4.86. The maximum Gasteiger partial charge on any atom is 0.394 e. The Morgan fingerprint density at radius 1 is 1.14 bits per heavy atom. The van der Waals surface area contributed by atoms with Gasteiger partial charge in [0.2, 0.25) is 0 Å². The second-order valence-electron chi connectivity index (χ2n) is 0.448. The molecule has 7 heteroatoms. The molecule has 0 atom stereocenters. The fraction of sp³-hybridized carbons (Fsp3) is 0. The molecule has 0 aliphatic carbocycles. The van der Waals surface area contributed by atoms with E-state index in [0.29, 0.717) is 0 Å². The monoisotopic (exact) mass is 206 g/mol. The van der Waals surface area contributed by atoms with E-state index in [9.17, 15) is 0 Å². The molecule has 0 saturated carbocycles. The van der Waals surface area contributed by atoms with Crippen LogP contribution in [0.4, 0.5) is 0 Å². The normalized spacial score (nSPS) is 8.29. The average Bonchev–Trinajstić information content (AvgIpc) is 0.722. The summed E-state index contributed by atoms with van der Waals surface area (Å²) < 4.78 is 31.6. The molecule has 0 aromatic carbocycles. The second-order valence-corrected chi connectivity index (χ2v) is 1.34. The summed E-state index contributed by atoms with van der Waals surface area (Å²) in [7, 11) is -4.67. The molecular weight excluding hydrogens is 203 g/mol. The quantitative estimate of drug-likeness (QED) is 0.472. The Labute approximate surface area is 59.7 Å². The fourth-order valence-corrected chi connectivity index (χ4v) is 0. The Morgan fingerprint density at radius 3 is 1.14 bits per heavy atom. The summed E-state index contributed by atoms with van der Waals surface area (Å²) in [4.78, 5) is 0. The van der Waals surface area contributed by atoms with Crippen molar-refractivity contribution < 1.29 is 49.2 Å². The van der Waals surface area contributed by atoms with Crippen molar-refractivity contribution in [3.05, 3.63) is 0 Å². The Kier molecular flexibility index (Phi) is 10.9. The van der Waals surface area contributed by atoms with Crippen molar-refractivity contribution in [1.29, 1.82) is 0 Å². The van der Waals surface area contributed by atoms with Crippen molar-refractivity contribution in [1.82, 2.24) is 0 Å². The van der Waals surface area contributed by atoms with Gasteiger partial charge in [0.1, 0.15) is 0 Å². The summed E-state index contributed by atoms with van der Waals surface area (Å²) in [6, 6.07) is 0. The third-order valence-corrected chi connectivity index (χ3v) is 0. The third-order valence-electron chi connectivity index (χ3n) is 0. The molecule has 7 heavy (non-hydrogen) atoms. The third kappa shape index (κ3) is 293. The van der Waals surface area contributed by atoms with Crippen LogP contribution in [0.25, 0.3) is 0 Å². The van der Waals surface area contributed by atoms with Gasteiger partial charge in [-0.25, -0.2) is 0 Å². The van der Waals surface area contributed by atoms with Crippen LogP contribution in [0.15, 0.2) is 0 Å². The van der Waals surface area contributed by atoms with Gasteiger partial charge in [-0.15, -0.1) is 0 Å². The van der Waals surface area contributed by atoms with Crippen molar-refractivity contribution in [2.24, 2.45) is 0 Å². The van der Waals surface area contributed by atoms with Gasteiger partial charge in [0.05, 0.1) is 0 Å². The van der Waals surface area contributed by atoms with Gasteiger partial charge in [0, 0.05) is 26.2 Å². The van der Waals surface area contributed by atoms with Crippen LogP contribution in [-0.2, 0) is 36.6 Å². The van der Waals surface area contributed by atoms with E-state index in [4.69, 9.17) is 17.5 Å². The average molecular weight is 207 g/mol. The number of rotatable bonds is 0. The fourth-order valence-electron chi connectivity index (χ4n) is 0. The molecule has 0 bridgehead atoms. The summed E-state index contributed by atoms with van der Waals surface area (Å²) in [5, 5.41) is 0. The molecule has 0 aliphatic heterocycles. The van der Waals surface area contributed by atoms with Crippen molar-refractivity contribution >= 4 is 10.4 Å². The Balaban J connectivity index is -0.0000000800. The summed E-state index contributed by atoms with van der Waals surface area (Å²) in [5.41, 5.74) is 0. The molecule has 0 aromatic heterocycles. The van der Waals surface area contributed by atoms with Crippen molar-refractivity contribution in [2.45, 2.75) is 0 Å². The largest absolute Gasteiger partial charge is 0.412 e. The van der Waals surface area contributed by atoms with E-state index in [-0.39, 0.29) is 31.7 Å². The topological polar surface area (TPSA) is 106 Å². The van der Waals surface area contributed by atoms with Gasteiger partial charge < -0.3 is 5.48 Å².